The van der Waals surface area contributed by atoms with Crippen LogP contribution < -0.4 is 4.90 Å². The monoisotopic (exact) mass is 252 g/mol. The van der Waals surface area contributed by atoms with Gasteiger partial charge in [-0.15, -0.1) is 0 Å². The molecule has 1 atom stereocenters. The van der Waals surface area contributed by atoms with Crippen LogP contribution in [0.5, 0.6) is 0 Å². The third-order valence-electron chi connectivity index (χ3n) is 2.56. The van der Waals surface area contributed by atoms with Gasteiger partial charge in [0.05, 0.1) is 12.2 Å². The maximum atomic E-state index is 11.4. The lowest BCUT2D eigenvalue weighted by atomic mass is 10.2. The number of likely N-dealkylation sites (N-methyl/N-ethyl adjacent to an activating group) is 1. The molecule has 1 unspecified atom stereocenters. The van der Waals surface area contributed by atoms with Crippen molar-refractivity contribution in [2.45, 2.75) is 19.9 Å². The van der Waals surface area contributed by atoms with Gasteiger partial charge >= 0.3 is 11.9 Å². The zero-order valence-corrected chi connectivity index (χ0v) is 10.6. The van der Waals surface area contributed by atoms with Crippen molar-refractivity contribution in [3.05, 3.63) is 23.9 Å². The molecule has 1 heterocycles. The average molecular weight is 252 g/mol. The number of ether oxygens (including phenoxy) is 1. The fourth-order valence-corrected chi connectivity index (χ4v) is 1.29. The van der Waals surface area contributed by atoms with Gasteiger partial charge in [0.1, 0.15) is 11.9 Å². The lowest BCUT2D eigenvalue weighted by molar-refractivity contribution is -0.138. The smallest absolute Gasteiger partial charge is 0.339 e. The number of hydrogen-bond donors (Lipinski definition) is 1. The Morgan fingerprint density at radius 3 is 2.61 bits per heavy atom. The Morgan fingerprint density at radius 2 is 2.17 bits per heavy atom. The molecule has 0 spiro atoms. The SMILES string of the molecule is CCOC(=O)c1ccc(N(C)C(C)C(=O)O)nc1. The molecule has 0 saturated heterocycles. The van der Waals surface area contributed by atoms with E-state index in [2.05, 4.69) is 4.98 Å². The third-order valence-corrected chi connectivity index (χ3v) is 2.56. The molecule has 0 aliphatic heterocycles. The molecule has 0 radical (unpaired) electrons. The lowest BCUT2D eigenvalue weighted by Crippen LogP contribution is -2.36. The van der Waals surface area contributed by atoms with Crippen molar-refractivity contribution in [1.29, 1.82) is 0 Å². The topological polar surface area (TPSA) is 79.7 Å². The van der Waals surface area contributed by atoms with Gasteiger partial charge in [0.15, 0.2) is 0 Å². The third kappa shape index (κ3) is 3.19. The summed E-state index contributed by atoms with van der Waals surface area (Å²) >= 11 is 0. The van der Waals surface area contributed by atoms with Crippen LogP contribution in [-0.2, 0) is 9.53 Å². The number of anilines is 1. The minimum Gasteiger partial charge on any atom is -0.480 e. The van der Waals surface area contributed by atoms with Gasteiger partial charge in [-0.3, -0.25) is 0 Å². The highest BCUT2D eigenvalue weighted by atomic mass is 16.5. The molecular weight excluding hydrogens is 236 g/mol. The molecule has 0 amide bonds. The van der Waals surface area contributed by atoms with E-state index in [1.807, 2.05) is 0 Å². The summed E-state index contributed by atoms with van der Waals surface area (Å²) in [6.45, 7) is 3.59. The molecule has 0 bridgehead atoms. The minimum atomic E-state index is -0.936. The first-order valence-electron chi connectivity index (χ1n) is 5.56. The lowest BCUT2D eigenvalue weighted by Gasteiger charge is -2.22. The maximum absolute atomic E-state index is 11.4. The second-order valence-electron chi connectivity index (χ2n) is 3.75. The second kappa shape index (κ2) is 6.00. The molecule has 0 aromatic carbocycles. The van der Waals surface area contributed by atoms with Gasteiger partial charge in [0.2, 0.25) is 0 Å². The first kappa shape index (κ1) is 14.0. The van der Waals surface area contributed by atoms with E-state index in [0.717, 1.165) is 0 Å². The van der Waals surface area contributed by atoms with Crippen molar-refractivity contribution in [1.82, 2.24) is 4.98 Å². The van der Waals surface area contributed by atoms with Crippen molar-refractivity contribution in [2.75, 3.05) is 18.6 Å². The van der Waals surface area contributed by atoms with Crippen LogP contribution in [0.25, 0.3) is 0 Å². The van der Waals surface area contributed by atoms with Crippen molar-refractivity contribution < 1.29 is 19.4 Å². The Labute approximate surface area is 105 Å². The Morgan fingerprint density at radius 1 is 1.50 bits per heavy atom. The summed E-state index contributed by atoms with van der Waals surface area (Å²) < 4.78 is 4.83. The van der Waals surface area contributed by atoms with Crippen molar-refractivity contribution in [3.63, 3.8) is 0 Å². The zero-order chi connectivity index (χ0) is 13.7. The van der Waals surface area contributed by atoms with Crippen molar-refractivity contribution >= 4 is 17.8 Å². The fraction of sp³-hybridized carbons (Fsp3) is 0.417. The summed E-state index contributed by atoms with van der Waals surface area (Å²) in [6, 6.07) is 2.46. The highest BCUT2D eigenvalue weighted by Gasteiger charge is 2.18. The molecule has 98 valence electrons. The van der Waals surface area contributed by atoms with E-state index in [-0.39, 0.29) is 0 Å². The predicted molar refractivity (Wildman–Crippen MR) is 65.7 cm³/mol. The van der Waals surface area contributed by atoms with Crippen LogP contribution in [0, 0.1) is 0 Å². The molecule has 0 aliphatic rings. The molecule has 1 rings (SSSR count). The van der Waals surface area contributed by atoms with E-state index in [9.17, 15) is 9.59 Å². The van der Waals surface area contributed by atoms with Crippen LogP contribution >= 0.6 is 0 Å². The maximum Gasteiger partial charge on any atom is 0.339 e. The molecule has 0 aliphatic carbocycles. The van der Waals surface area contributed by atoms with Crippen LogP contribution in [0.15, 0.2) is 18.3 Å². The summed E-state index contributed by atoms with van der Waals surface area (Å²) in [5.41, 5.74) is 0.344. The van der Waals surface area contributed by atoms with Gasteiger partial charge in [-0.25, -0.2) is 14.6 Å². The van der Waals surface area contributed by atoms with E-state index in [1.165, 1.54) is 11.1 Å². The summed E-state index contributed by atoms with van der Waals surface area (Å²) in [7, 11) is 1.63. The highest BCUT2D eigenvalue weighted by Crippen LogP contribution is 2.13. The number of carboxylic acids is 1. The van der Waals surface area contributed by atoms with Gasteiger partial charge in [-0.2, -0.15) is 0 Å². The standard InChI is InChI=1S/C12H16N2O4/c1-4-18-12(17)9-5-6-10(13-7-9)14(3)8(2)11(15)16/h5-8H,4H2,1-3H3,(H,15,16). The predicted octanol–water partition coefficient (Wildman–Crippen LogP) is 1.17. The Bertz CT molecular complexity index is 430. The molecule has 1 aromatic heterocycles. The first-order chi connectivity index (χ1) is 8.47. The number of carbonyl (C=O) groups is 2. The molecular formula is C12H16N2O4. The highest BCUT2D eigenvalue weighted by molar-refractivity contribution is 5.89. The molecule has 1 N–H and O–H groups in total. The number of pyridine rings is 1. The van der Waals surface area contributed by atoms with Crippen LogP contribution in [-0.4, -0.2) is 41.7 Å². The van der Waals surface area contributed by atoms with Crippen LogP contribution in [0.4, 0.5) is 5.82 Å². The van der Waals surface area contributed by atoms with Crippen LogP contribution in [0.1, 0.15) is 24.2 Å². The average Bonchev–Trinajstić information content (AvgIpc) is 2.37. The molecule has 0 saturated carbocycles. The summed E-state index contributed by atoms with van der Waals surface area (Å²) in [6.07, 6.45) is 1.37. The normalized spacial score (nSPS) is 11.7. The number of carboxylic acid groups (broad SMARTS) is 1. The zero-order valence-electron chi connectivity index (χ0n) is 10.6. The van der Waals surface area contributed by atoms with Gasteiger partial charge in [0, 0.05) is 13.2 Å². The Hall–Kier alpha value is -2.11. The largest absolute Gasteiger partial charge is 0.480 e. The molecule has 18 heavy (non-hydrogen) atoms. The van der Waals surface area contributed by atoms with E-state index in [4.69, 9.17) is 9.84 Å². The molecule has 1 aromatic rings. The van der Waals surface area contributed by atoms with E-state index >= 15 is 0 Å². The van der Waals surface area contributed by atoms with Gasteiger partial charge < -0.3 is 14.7 Å². The number of nitrogens with zero attached hydrogens (tertiary/aromatic N) is 2. The molecule has 6 heteroatoms. The molecule has 6 nitrogen and oxygen atoms in total. The minimum absolute atomic E-state index is 0.302. The van der Waals surface area contributed by atoms with E-state index in [0.29, 0.717) is 18.0 Å². The number of rotatable bonds is 5. The van der Waals surface area contributed by atoms with Gasteiger partial charge in [-0.05, 0) is 26.0 Å². The first-order valence-corrected chi connectivity index (χ1v) is 5.56. The number of aliphatic carboxylic acids is 1. The van der Waals surface area contributed by atoms with Gasteiger partial charge in [-0.1, -0.05) is 0 Å². The van der Waals surface area contributed by atoms with E-state index in [1.54, 1.807) is 33.0 Å². The number of carbonyl (C=O) groups excluding carboxylic acids is 1. The molecule has 0 fully saturated rings. The number of aromatic nitrogens is 1. The summed E-state index contributed by atoms with van der Waals surface area (Å²) in [5, 5.41) is 8.88. The van der Waals surface area contributed by atoms with Gasteiger partial charge in [0.25, 0.3) is 0 Å². The van der Waals surface area contributed by atoms with Crippen molar-refractivity contribution in [2.24, 2.45) is 0 Å². The summed E-state index contributed by atoms with van der Waals surface area (Å²) in [4.78, 5) is 27.8. The fourth-order valence-electron chi connectivity index (χ4n) is 1.29. The number of hydrogen-bond acceptors (Lipinski definition) is 5. The Kier molecular flexibility index (Phi) is 4.65. The van der Waals surface area contributed by atoms with Crippen LogP contribution in [0.3, 0.4) is 0 Å². The van der Waals surface area contributed by atoms with Crippen molar-refractivity contribution in [3.8, 4) is 0 Å². The Balaban J connectivity index is 2.82. The van der Waals surface area contributed by atoms with E-state index < -0.39 is 18.0 Å². The number of esters is 1. The second-order valence-corrected chi connectivity index (χ2v) is 3.75. The summed E-state index contributed by atoms with van der Waals surface area (Å²) in [5.74, 6) is -0.891. The van der Waals surface area contributed by atoms with Crippen LogP contribution in [0.2, 0.25) is 0 Å². The quantitative estimate of drug-likeness (QED) is 0.792.